The van der Waals surface area contributed by atoms with E-state index in [4.69, 9.17) is 4.74 Å². The minimum Gasteiger partial charge on any atom is -0.389 e. The van der Waals surface area contributed by atoms with Gasteiger partial charge in [-0.05, 0) is 19.8 Å². The van der Waals surface area contributed by atoms with Crippen molar-refractivity contribution in [1.82, 2.24) is 10.6 Å². The van der Waals surface area contributed by atoms with Crippen LogP contribution >= 0.6 is 0 Å². The molecule has 3 N–H and O–H groups in total. The van der Waals surface area contributed by atoms with Crippen molar-refractivity contribution in [1.29, 1.82) is 0 Å². The molecule has 1 amide bonds. The normalized spacial score (nSPS) is 16.4. The Morgan fingerprint density at radius 2 is 2.00 bits per heavy atom. The van der Waals surface area contributed by atoms with Gasteiger partial charge in [-0.2, -0.15) is 0 Å². The van der Waals surface area contributed by atoms with Gasteiger partial charge in [-0.15, -0.1) is 0 Å². The molecular formula is C13H28N2O3. The molecule has 2 atom stereocenters. The topological polar surface area (TPSA) is 70.6 Å². The summed E-state index contributed by atoms with van der Waals surface area (Å²) < 4.78 is 4.92. The van der Waals surface area contributed by atoms with Crippen LogP contribution < -0.4 is 10.6 Å². The van der Waals surface area contributed by atoms with Gasteiger partial charge >= 0.3 is 0 Å². The lowest BCUT2D eigenvalue weighted by Crippen LogP contribution is -2.45. The van der Waals surface area contributed by atoms with Crippen LogP contribution in [0.4, 0.5) is 0 Å². The molecule has 2 unspecified atom stereocenters. The lowest BCUT2D eigenvalue weighted by Gasteiger charge is -2.23. The Bertz CT molecular complexity index is 242. The first-order chi connectivity index (χ1) is 8.28. The van der Waals surface area contributed by atoms with Gasteiger partial charge < -0.3 is 20.5 Å². The van der Waals surface area contributed by atoms with Gasteiger partial charge in [0.05, 0.1) is 12.1 Å². The average Bonchev–Trinajstić information content (AvgIpc) is 2.25. The quantitative estimate of drug-likeness (QED) is 0.565. The summed E-state index contributed by atoms with van der Waals surface area (Å²) >= 11 is 0. The van der Waals surface area contributed by atoms with E-state index in [1.54, 1.807) is 14.0 Å². The number of hydrogen-bond acceptors (Lipinski definition) is 4. The van der Waals surface area contributed by atoms with Crippen LogP contribution in [0.15, 0.2) is 0 Å². The maximum Gasteiger partial charge on any atom is 0.234 e. The molecule has 0 heterocycles. The van der Waals surface area contributed by atoms with Gasteiger partial charge in [-0.25, -0.2) is 0 Å². The van der Waals surface area contributed by atoms with Crippen molar-refractivity contribution in [2.45, 2.75) is 45.8 Å². The highest BCUT2D eigenvalue weighted by Crippen LogP contribution is 2.07. The molecule has 0 aliphatic rings. The van der Waals surface area contributed by atoms with Gasteiger partial charge in [0.25, 0.3) is 0 Å². The third-order valence-corrected chi connectivity index (χ3v) is 3.02. The minimum atomic E-state index is -0.847. The summed E-state index contributed by atoms with van der Waals surface area (Å²) in [5, 5.41) is 15.8. The van der Waals surface area contributed by atoms with Crippen LogP contribution in [0.5, 0.6) is 0 Å². The van der Waals surface area contributed by atoms with Gasteiger partial charge in [0.1, 0.15) is 0 Å². The molecule has 5 nitrogen and oxygen atoms in total. The summed E-state index contributed by atoms with van der Waals surface area (Å²) in [6, 6.07) is 0.160. The molecule has 0 aliphatic heterocycles. The largest absolute Gasteiger partial charge is 0.389 e. The highest BCUT2D eigenvalue weighted by Gasteiger charge is 2.20. The summed E-state index contributed by atoms with van der Waals surface area (Å²) in [6.07, 6.45) is 0.542. The Balaban J connectivity index is 3.80. The number of hydrogen-bond donors (Lipinski definition) is 3. The molecule has 0 bridgehead atoms. The van der Waals surface area contributed by atoms with Crippen LogP contribution in [0.2, 0.25) is 0 Å². The van der Waals surface area contributed by atoms with Gasteiger partial charge in [-0.3, -0.25) is 4.79 Å². The maximum absolute atomic E-state index is 11.6. The van der Waals surface area contributed by atoms with Gasteiger partial charge in [0.2, 0.25) is 5.91 Å². The second kappa shape index (κ2) is 8.45. The molecule has 0 rings (SSSR count). The zero-order valence-electron chi connectivity index (χ0n) is 12.2. The zero-order valence-corrected chi connectivity index (χ0v) is 12.2. The van der Waals surface area contributed by atoms with Crippen molar-refractivity contribution in [3.63, 3.8) is 0 Å². The Morgan fingerprint density at radius 3 is 2.50 bits per heavy atom. The number of carbonyl (C=O) groups is 1. The second-order valence-electron chi connectivity index (χ2n) is 5.44. The lowest BCUT2D eigenvalue weighted by molar-refractivity contribution is -0.121. The first-order valence-corrected chi connectivity index (χ1v) is 6.50. The predicted octanol–water partition coefficient (Wildman–Crippen LogP) is 0.524. The molecule has 108 valence electrons. The first-order valence-electron chi connectivity index (χ1n) is 6.50. The van der Waals surface area contributed by atoms with E-state index >= 15 is 0 Å². The van der Waals surface area contributed by atoms with Crippen molar-refractivity contribution >= 4 is 5.91 Å². The number of rotatable bonds is 9. The number of carbonyl (C=O) groups excluding carboxylic acids is 1. The Kier molecular flexibility index (Phi) is 8.15. The standard InChI is InChI=1S/C13H28N2O3/c1-10(2)11(3)15-12(16)8-14-9-13(4,17)6-7-18-5/h10-11,14,17H,6-9H2,1-5H3,(H,15,16). The van der Waals surface area contributed by atoms with Gasteiger partial charge in [0.15, 0.2) is 0 Å². The van der Waals surface area contributed by atoms with E-state index in [1.807, 2.05) is 6.92 Å². The van der Waals surface area contributed by atoms with E-state index in [0.717, 1.165) is 0 Å². The van der Waals surface area contributed by atoms with Gasteiger partial charge in [-0.1, -0.05) is 13.8 Å². The third kappa shape index (κ3) is 8.44. The molecule has 0 saturated heterocycles. The van der Waals surface area contributed by atoms with Gasteiger partial charge in [0, 0.05) is 32.7 Å². The molecule has 18 heavy (non-hydrogen) atoms. The van der Waals surface area contributed by atoms with Crippen LogP contribution in [0.3, 0.4) is 0 Å². The fourth-order valence-electron chi connectivity index (χ4n) is 1.33. The average molecular weight is 260 g/mol. The maximum atomic E-state index is 11.6. The van der Waals surface area contributed by atoms with Crippen LogP contribution in [0.25, 0.3) is 0 Å². The number of nitrogens with one attached hydrogen (secondary N) is 2. The first kappa shape index (κ1) is 17.4. The monoisotopic (exact) mass is 260 g/mol. The van der Waals surface area contributed by atoms with Crippen molar-refractivity contribution < 1.29 is 14.6 Å². The second-order valence-corrected chi connectivity index (χ2v) is 5.44. The number of ether oxygens (including phenoxy) is 1. The third-order valence-electron chi connectivity index (χ3n) is 3.02. The molecular weight excluding hydrogens is 232 g/mol. The van der Waals surface area contributed by atoms with Crippen LogP contribution in [-0.4, -0.2) is 49.5 Å². The van der Waals surface area contributed by atoms with Crippen LogP contribution in [0.1, 0.15) is 34.1 Å². The number of amides is 1. The molecule has 0 spiro atoms. The lowest BCUT2D eigenvalue weighted by atomic mass is 10.0. The van der Waals surface area contributed by atoms with E-state index in [-0.39, 0.29) is 18.5 Å². The summed E-state index contributed by atoms with van der Waals surface area (Å²) in [4.78, 5) is 11.6. The summed E-state index contributed by atoms with van der Waals surface area (Å²) in [7, 11) is 1.60. The fraction of sp³-hybridized carbons (Fsp3) is 0.923. The fourth-order valence-corrected chi connectivity index (χ4v) is 1.33. The Hall–Kier alpha value is -0.650. The minimum absolute atomic E-state index is 0.0428. The highest BCUT2D eigenvalue weighted by atomic mass is 16.5. The SMILES string of the molecule is COCCC(C)(O)CNCC(=O)NC(C)C(C)C. The van der Waals surface area contributed by atoms with E-state index in [9.17, 15) is 9.90 Å². The van der Waals surface area contributed by atoms with Crippen LogP contribution in [-0.2, 0) is 9.53 Å². The number of aliphatic hydroxyl groups is 1. The molecule has 0 saturated carbocycles. The summed E-state index contributed by atoms with van der Waals surface area (Å²) in [5.41, 5.74) is -0.847. The van der Waals surface area contributed by atoms with E-state index in [0.29, 0.717) is 25.5 Å². The molecule has 5 heteroatoms. The van der Waals surface area contributed by atoms with Crippen molar-refractivity contribution in [2.24, 2.45) is 5.92 Å². The smallest absolute Gasteiger partial charge is 0.234 e. The van der Waals surface area contributed by atoms with Crippen molar-refractivity contribution in [3.05, 3.63) is 0 Å². The van der Waals surface area contributed by atoms with E-state index in [2.05, 4.69) is 24.5 Å². The molecule has 0 aromatic carbocycles. The van der Waals surface area contributed by atoms with E-state index in [1.165, 1.54) is 0 Å². The summed E-state index contributed by atoms with van der Waals surface area (Å²) in [5.74, 6) is 0.373. The highest BCUT2D eigenvalue weighted by molar-refractivity contribution is 5.78. The molecule has 0 aromatic rings. The zero-order chi connectivity index (χ0) is 14.2. The van der Waals surface area contributed by atoms with Crippen molar-refractivity contribution in [3.8, 4) is 0 Å². The van der Waals surface area contributed by atoms with Crippen LogP contribution in [0, 0.1) is 5.92 Å². The summed E-state index contributed by atoms with van der Waals surface area (Å²) in [6.45, 7) is 8.94. The molecule has 0 radical (unpaired) electrons. The Labute approximate surface area is 110 Å². The predicted molar refractivity (Wildman–Crippen MR) is 72.4 cm³/mol. The molecule has 0 aromatic heterocycles. The number of methoxy groups -OCH3 is 1. The van der Waals surface area contributed by atoms with Crippen molar-refractivity contribution in [2.75, 3.05) is 26.8 Å². The molecule has 0 aliphatic carbocycles. The Morgan fingerprint density at radius 1 is 1.39 bits per heavy atom. The molecule has 0 fully saturated rings. The van der Waals surface area contributed by atoms with E-state index < -0.39 is 5.60 Å².